The van der Waals surface area contributed by atoms with Crippen molar-refractivity contribution in [1.29, 1.82) is 0 Å². The van der Waals surface area contributed by atoms with Gasteiger partial charge in [-0.25, -0.2) is 0 Å². The first-order chi connectivity index (χ1) is 14.3. The standard InChI is InChI=1S/C21H22N6OS/c28-21(24-17-14-23-7-5-18(17)26-11-8-22-9-12-26)16-6-10-27(25-16)20-13-15-3-1-2-4-19(15)29-20/h1-5,7,13-14,22H,6,8-12H2,(H,24,28). The highest BCUT2D eigenvalue weighted by molar-refractivity contribution is 7.22. The lowest BCUT2D eigenvalue weighted by molar-refractivity contribution is -0.110. The van der Waals surface area contributed by atoms with Crippen LogP contribution in [0, 0.1) is 0 Å². The Labute approximate surface area is 173 Å². The van der Waals surface area contributed by atoms with Gasteiger partial charge in [-0.05, 0) is 23.6 Å². The fourth-order valence-corrected chi connectivity index (χ4v) is 4.77. The number of aromatic nitrogens is 1. The van der Waals surface area contributed by atoms with E-state index in [2.05, 4.69) is 43.8 Å². The third-order valence-electron chi connectivity index (χ3n) is 5.23. The molecule has 2 N–H and O–H groups in total. The van der Waals surface area contributed by atoms with Crippen LogP contribution in [0.1, 0.15) is 6.42 Å². The molecule has 0 spiro atoms. The van der Waals surface area contributed by atoms with E-state index in [9.17, 15) is 4.79 Å². The van der Waals surface area contributed by atoms with E-state index in [1.165, 1.54) is 10.1 Å². The largest absolute Gasteiger partial charge is 0.367 e. The second-order valence-corrected chi connectivity index (χ2v) is 8.19. The number of amides is 1. The Hall–Kier alpha value is -2.97. The minimum absolute atomic E-state index is 0.155. The molecule has 1 saturated heterocycles. The molecule has 2 aliphatic rings. The van der Waals surface area contributed by atoms with Gasteiger partial charge in [-0.15, -0.1) is 11.3 Å². The van der Waals surface area contributed by atoms with Crippen LogP contribution in [0.4, 0.5) is 16.4 Å². The van der Waals surface area contributed by atoms with Gasteiger partial charge in [-0.1, -0.05) is 18.2 Å². The molecule has 0 saturated carbocycles. The number of fused-ring (bicyclic) bond motifs is 1. The normalized spacial score (nSPS) is 16.9. The van der Waals surface area contributed by atoms with E-state index < -0.39 is 0 Å². The summed E-state index contributed by atoms with van der Waals surface area (Å²) >= 11 is 1.70. The number of piperazine rings is 1. The summed E-state index contributed by atoms with van der Waals surface area (Å²) in [6, 6.07) is 12.4. The van der Waals surface area contributed by atoms with Gasteiger partial charge in [0.1, 0.15) is 10.7 Å². The predicted molar refractivity (Wildman–Crippen MR) is 119 cm³/mol. The molecule has 0 bridgehead atoms. The number of nitrogens with zero attached hydrogens (tertiary/aromatic N) is 4. The first-order valence-electron chi connectivity index (χ1n) is 9.82. The number of anilines is 3. The summed E-state index contributed by atoms with van der Waals surface area (Å²) in [6.07, 6.45) is 4.11. The Bertz CT molecular complexity index is 1040. The van der Waals surface area contributed by atoms with Crippen LogP contribution in [-0.4, -0.2) is 49.3 Å². The number of carbonyl (C=O) groups is 1. The maximum atomic E-state index is 12.9. The first-order valence-corrected chi connectivity index (χ1v) is 10.6. The topological polar surface area (TPSA) is 72.9 Å². The van der Waals surface area contributed by atoms with Crippen LogP contribution in [0.15, 0.2) is 53.9 Å². The molecule has 1 aromatic carbocycles. The molecule has 5 rings (SSSR count). The van der Waals surface area contributed by atoms with E-state index in [-0.39, 0.29) is 5.91 Å². The van der Waals surface area contributed by atoms with Gasteiger partial charge in [0, 0.05) is 50.0 Å². The van der Waals surface area contributed by atoms with Crippen molar-refractivity contribution in [3.05, 3.63) is 48.8 Å². The number of pyridine rings is 1. The predicted octanol–water partition coefficient (Wildman–Crippen LogP) is 2.91. The zero-order valence-corrected chi connectivity index (χ0v) is 16.8. The SMILES string of the molecule is O=C(Nc1cnccc1N1CCNCC1)C1=NN(c2cc3ccccc3s2)CC1. The lowest BCUT2D eigenvalue weighted by atomic mass is 10.2. The Kier molecular flexibility index (Phi) is 4.87. The van der Waals surface area contributed by atoms with Crippen molar-refractivity contribution in [3.8, 4) is 0 Å². The molecule has 1 amide bonds. The van der Waals surface area contributed by atoms with Gasteiger partial charge >= 0.3 is 0 Å². The minimum atomic E-state index is -0.155. The zero-order valence-electron chi connectivity index (χ0n) is 16.0. The molecule has 1 fully saturated rings. The van der Waals surface area contributed by atoms with E-state index in [0.717, 1.165) is 42.6 Å². The summed E-state index contributed by atoms with van der Waals surface area (Å²) in [7, 11) is 0. The summed E-state index contributed by atoms with van der Waals surface area (Å²) in [5.41, 5.74) is 2.30. The molecule has 7 nitrogen and oxygen atoms in total. The number of hydrazone groups is 1. The van der Waals surface area contributed by atoms with E-state index >= 15 is 0 Å². The van der Waals surface area contributed by atoms with E-state index in [4.69, 9.17) is 0 Å². The quantitative estimate of drug-likeness (QED) is 0.697. The van der Waals surface area contributed by atoms with Crippen LogP contribution < -0.4 is 20.5 Å². The van der Waals surface area contributed by atoms with Gasteiger partial charge in [0.25, 0.3) is 5.91 Å². The molecule has 29 heavy (non-hydrogen) atoms. The van der Waals surface area contributed by atoms with Crippen LogP contribution in [0.2, 0.25) is 0 Å². The number of carbonyl (C=O) groups excluding carboxylic acids is 1. The summed E-state index contributed by atoms with van der Waals surface area (Å²) in [4.78, 5) is 19.3. The van der Waals surface area contributed by atoms with E-state index in [1.807, 2.05) is 23.2 Å². The second-order valence-electron chi connectivity index (χ2n) is 7.13. The number of rotatable bonds is 4. The smallest absolute Gasteiger partial charge is 0.272 e. The molecule has 2 aromatic heterocycles. The average Bonchev–Trinajstić information content (AvgIpc) is 3.42. The molecule has 8 heteroatoms. The van der Waals surface area contributed by atoms with Crippen LogP contribution in [0.3, 0.4) is 0 Å². The monoisotopic (exact) mass is 406 g/mol. The number of hydrogen-bond donors (Lipinski definition) is 2. The van der Waals surface area contributed by atoms with Gasteiger partial charge in [0.05, 0.1) is 17.6 Å². The van der Waals surface area contributed by atoms with Crippen LogP contribution >= 0.6 is 11.3 Å². The molecule has 0 aliphatic carbocycles. The zero-order chi connectivity index (χ0) is 19.6. The molecule has 148 valence electrons. The first kappa shape index (κ1) is 18.1. The Morgan fingerprint density at radius 1 is 1.14 bits per heavy atom. The van der Waals surface area contributed by atoms with Crippen LogP contribution in [0.25, 0.3) is 10.1 Å². The Morgan fingerprint density at radius 2 is 2.00 bits per heavy atom. The van der Waals surface area contributed by atoms with Gasteiger partial charge in [-0.2, -0.15) is 5.10 Å². The molecule has 0 unspecified atom stereocenters. The summed E-state index contributed by atoms with van der Waals surface area (Å²) in [5, 5.41) is 15.2. The maximum Gasteiger partial charge on any atom is 0.272 e. The maximum absolute atomic E-state index is 12.9. The van der Waals surface area contributed by atoms with Crippen molar-refractivity contribution in [2.45, 2.75) is 6.42 Å². The Morgan fingerprint density at radius 3 is 2.86 bits per heavy atom. The molecule has 4 heterocycles. The fourth-order valence-electron chi connectivity index (χ4n) is 3.73. The summed E-state index contributed by atoms with van der Waals surface area (Å²) < 4.78 is 1.23. The molecular weight excluding hydrogens is 384 g/mol. The van der Waals surface area contributed by atoms with Gasteiger partial charge in [0.2, 0.25) is 0 Å². The molecule has 0 radical (unpaired) electrons. The van der Waals surface area contributed by atoms with Crippen molar-refractivity contribution in [2.24, 2.45) is 5.10 Å². The van der Waals surface area contributed by atoms with Gasteiger partial charge in [0.15, 0.2) is 0 Å². The van der Waals surface area contributed by atoms with E-state index in [0.29, 0.717) is 18.7 Å². The highest BCUT2D eigenvalue weighted by Gasteiger charge is 2.24. The van der Waals surface area contributed by atoms with Crippen molar-refractivity contribution < 1.29 is 4.79 Å². The van der Waals surface area contributed by atoms with Gasteiger partial charge < -0.3 is 15.5 Å². The number of hydrogen-bond acceptors (Lipinski definition) is 7. The van der Waals surface area contributed by atoms with Crippen molar-refractivity contribution in [1.82, 2.24) is 10.3 Å². The number of benzene rings is 1. The molecule has 3 aromatic rings. The minimum Gasteiger partial charge on any atom is -0.367 e. The Balaban J connectivity index is 1.33. The molecule has 2 aliphatic heterocycles. The molecular formula is C21H22N6OS. The fraction of sp³-hybridized carbons (Fsp3) is 0.286. The summed E-state index contributed by atoms with van der Waals surface area (Å²) in [5.74, 6) is -0.155. The second kappa shape index (κ2) is 7.81. The van der Waals surface area contributed by atoms with E-state index in [1.54, 1.807) is 23.7 Å². The third kappa shape index (κ3) is 3.68. The lowest BCUT2D eigenvalue weighted by Crippen LogP contribution is -2.43. The van der Waals surface area contributed by atoms with Crippen molar-refractivity contribution in [2.75, 3.05) is 47.9 Å². The highest BCUT2D eigenvalue weighted by Crippen LogP contribution is 2.34. The third-order valence-corrected chi connectivity index (χ3v) is 6.36. The lowest BCUT2D eigenvalue weighted by Gasteiger charge is -2.30. The van der Waals surface area contributed by atoms with Crippen molar-refractivity contribution in [3.63, 3.8) is 0 Å². The number of nitrogens with one attached hydrogen (secondary N) is 2. The highest BCUT2D eigenvalue weighted by atomic mass is 32.1. The van der Waals surface area contributed by atoms with Crippen LogP contribution in [-0.2, 0) is 4.79 Å². The summed E-state index contributed by atoms with van der Waals surface area (Å²) in [6.45, 7) is 4.41. The van der Waals surface area contributed by atoms with Gasteiger partial charge in [-0.3, -0.25) is 14.8 Å². The molecule has 0 atom stereocenters. The van der Waals surface area contributed by atoms with Crippen molar-refractivity contribution >= 4 is 49.4 Å². The number of thiophene rings is 1. The van der Waals surface area contributed by atoms with Crippen LogP contribution in [0.5, 0.6) is 0 Å². The average molecular weight is 407 g/mol.